The molecule has 0 spiro atoms. The van der Waals surface area contributed by atoms with Crippen LogP contribution in [-0.2, 0) is 6.42 Å². The fraction of sp³-hybridized carbons (Fsp3) is 0.533. The predicted molar refractivity (Wildman–Crippen MR) is 83.2 cm³/mol. The molecule has 0 N–H and O–H groups in total. The molecular formula is C15H19N7O. The minimum atomic E-state index is 0.507. The maximum atomic E-state index is 5.08. The van der Waals surface area contributed by atoms with Gasteiger partial charge in [-0.05, 0) is 25.7 Å². The second-order valence-electron chi connectivity index (χ2n) is 6.12. The fourth-order valence-electron chi connectivity index (χ4n) is 3.26. The van der Waals surface area contributed by atoms with Gasteiger partial charge in [0.15, 0.2) is 5.82 Å². The maximum Gasteiger partial charge on any atom is 0.254 e. The van der Waals surface area contributed by atoms with Crippen molar-refractivity contribution in [3.63, 3.8) is 0 Å². The van der Waals surface area contributed by atoms with Gasteiger partial charge in [-0.15, -0.1) is 0 Å². The molecule has 0 aromatic carbocycles. The van der Waals surface area contributed by atoms with E-state index in [9.17, 15) is 0 Å². The van der Waals surface area contributed by atoms with Crippen LogP contribution in [0.3, 0.4) is 0 Å². The minimum Gasteiger partial charge on any atom is -0.356 e. The molecule has 0 aliphatic carbocycles. The molecular weight excluding hydrogens is 294 g/mol. The van der Waals surface area contributed by atoms with Crippen LogP contribution in [0.5, 0.6) is 0 Å². The molecule has 3 aromatic rings. The topological polar surface area (TPSA) is 85.2 Å². The lowest BCUT2D eigenvalue weighted by molar-refractivity contribution is 0.369. The Balaban J connectivity index is 1.57. The first-order chi connectivity index (χ1) is 11.2. The van der Waals surface area contributed by atoms with E-state index in [1.165, 1.54) is 6.42 Å². The van der Waals surface area contributed by atoms with E-state index < -0.39 is 0 Å². The molecule has 8 nitrogen and oxygen atoms in total. The van der Waals surface area contributed by atoms with Gasteiger partial charge in [-0.3, -0.25) is 0 Å². The molecule has 0 radical (unpaired) electrons. The number of aromatic nitrogens is 6. The summed E-state index contributed by atoms with van der Waals surface area (Å²) in [6.07, 6.45) is 4.71. The summed E-state index contributed by atoms with van der Waals surface area (Å²) in [5.74, 6) is 3.63. The Morgan fingerprint density at radius 2 is 2.22 bits per heavy atom. The van der Waals surface area contributed by atoms with Crippen molar-refractivity contribution < 1.29 is 4.52 Å². The fourth-order valence-corrected chi connectivity index (χ4v) is 3.26. The maximum absolute atomic E-state index is 5.08. The largest absolute Gasteiger partial charge is 0.356 e. The summed E-state index contributed by atoms with van der Waals surface area (Å²) in [5, 5.41) is 8.33. The van der Waals surface area contributed by atoms with Crippen LogP contribution < -0.4 is 4.90 Å². The van der Waals surface area contributed by atoms with Crippen molar-refractivity contribution in [2.75, 3.05) is 18.0 Å². The average molecular weight is 313 g/mol. The summed E-state index contributed by atoms with van der Waals surface area (Å²) in [6, 6.07) is 2.07. The number of rotatable bonds is 3. The van der Waals surface area contributed by atoms with Crippen LogP contribution >= 0.6 is 0 Å². The van der Waals surface area contributed by atoms with E-state index in [-0.39, 0.29) is 0 Å². The van der Waals surface area contributed by atoms with E-state index in [0.29, 0.717) is 17.6 Å². The Labute approximate surface area is 133 Å². The number of piperidine rings is 1. The molecule has 4 heterocycles. The third kappa shape index (κ3) is 2.76. The van der Waals surface area contributed by atoms with Gasteiger partial charge in [0.2, 0.25) is 5.89 Å². The zero-order valence-electron chi connectivity index (χ0n) is 13.3. The minimum absolute atomic E-state index is 0.507. The van der Waals surface area contributed by atoms with Crippen LogP contribution in [0.25, 0.3) is 5.78 Å². The van der Waals surface area contributed by atoms with Gasteiger partial charge in [-0.2, -0.15) is 19.6 Å². The first-order valence-corrected chi connectivity index (χ1v) is 7.90. The Hall–Kier alpha value is -2.51. The molecule has 1 atom stereocenters. The van der Waals surface area contributed by atoms with Crippen LogP contribution in [0.2, 0.25) is 0 Å². The van der Waals surface area contributed by atoms with Gasteiger partial charge in [-0.25, -0.2) is 4.98 Å². The highest BCUT2D eigenvalue weighted by Gasteiger charge is 2.24. The average Bonchev–Trinajstić information content (AvgIpc) is 3.15. The second-order valence-corrected chi connectivity index (χ2v) is 6.12. The van der Waals surface area contributed by atoms with Crippen LogP contribution in [-0.4, -0.2) is 42.8 Å². The second kappa shape index (κ2) is 5.60. The summed E-state index contributed by atoms with van der Waals surface area (Å²) < 4.78 is 6.89. The van der Waals surface area contributed by atoms with E-state index in [0.717, 1.165) is 43.3 Å². The van der Waals surface area contributed by atoms with E-state index in [4.69, 9.17) is 4.52 Å². The zero-order chi connectivity index (χ0) is 15.8. The van der Waals surface area contributed by atoms with Crippen molar-refractivity contribution in [2.24, 2.45) is 5.92 Å². The lowest BCUT2D eigenvalue weighted by Crippen LogP contribution is -2.37. The van der Waals surface area contributed by atoms with Crippen LogP contribution in [0.15, 0.2) is 16.9 Å². The Kier molecular flexibility index (Phi) is 3.44. The molecule has 1 aliphatic heterocycles. The molecule has 3 aromatic heterocycles. The summed E-state index contributed by atoms with van der Waals surface area (Å²) in [5.41, 5.74) is 0.955. The van der Waals surface area contributed by atoms with E-state index in [1.54, 1.807) is 6.33 Å². The Morgan fingerprint density at radius 1 is 1.30 bits per heavy atom. The number of aryl methyl sites for hydroxylation is 2. The van der Waals surface area contributed by atoms with Crippen molar-refractivity contribution in [1.82, 2.24) is 29.7 Å². The molecule has 8 heteroatoms. The SMILES string of the molecule is Cc1cc(N2CCCC(Cc3noc(C)n3)C2)n2ncnc2n1. The van der Waals surface area contributed by atoms with Crippen molar-refractivity contribution in [3.8, 4) is 0 Å². The normalized spacial score (nSPS) is 18.7. The quantitative estimate of drug-likeness (QED) is 0.725. The van der Waals surface area contributed by atoms with E-state index in [1.807, 2.05) is 18.4 Å². The van der Waals surface area contributed by atoms with Gasteiger partial charge in [0, 0.05) is 38.2 Å². The first kappa shape index (κ1) is 14.1. The Morgan fingerprint density at radius 3 is 3.04 bits per heavy atom. The third-order valence-corrected chi connectivity index (χ3v) is 4.24. The number of anilines is 1. The summed E-state index contributed by atoms with van der Waals surface area (Å²) in [7, 11) is 0. The zero-order valence-corrected chi connectivity index (χ0v) is 13.3. The molecule has 1 aliphatic rings. The van der Waals surface area contributed by atoms with Gasteiger partial charge in [-0.1, -0.05) is 5.16 Å². The number of fused-ring (bicyclic) bond motifs is 1. The third-order valence-electron chi connectivity index (χ3n) is 4.24. The van der Waals surface area contributed by atoms with E-state index >= 15 is 0 Å². The first-order valence-electron chi connectivity index (χ1n) is 7.90. The molecule has 4 rings (SSSR count). The van der Waals surface area contributed by atoms with Gasteiger partial charge in [0.1, 0.15) is 12.1 Å². The van der Waals surface area contributed by atoms with E-state index in [2.05, 4.69) is 36.2 Å². The van der Waals surface area contributed by atoms with Crippen LogP contribution in [0.4, 0.5) is 5.82 Å². The Bertz CT molecular complexity index is 824. The van der Waals surface area contributed by atoms with Crippen LogP contribution in [0.1, 0.15) is 30.3 Å². The number of hydrogen-bond acceptors (Lipinski definition) is 7. The molecule has 1 saturated heterocycles. The molecule has 0 saturated carbocycles. The number of hydrogen-bond donors (Lipinski definition) is 0. The molecule has 0 amide bonds. The highest BCUT2D eigenvalue weighted by molar-refractivity contribution is 5.47. The number of nitrogens with zero attached hydrogens (tertiary/aromatic N) is 7. The smallest absolute Gasteiger partial charge is 0.254 e. The summed E-state index contributed by atoms with van der Waals surface area (Å²) in [4.78, 5) is 15.3. The highest BCUT2D eigenvalue weighted by atomic mass is 16.5. The molecule has 1 fully saturated rings. The van der Waals surface area contributed by atoms with Gasteiger partial charge in [0.05, 0.1) is 0 Å². The van der Waals surface area contributed by atoms with Crippen molar-refractivity contribution in [2.45, 2.75) is 33.1 Å². The van der Waals surface area contributed by atoms with Gasteiger partial charge in [0.25, 0.3) is 5.78 Å². The van der Waals surface area contributed by atoms with Crippen molar-refractivity contribution >= 4 is 11.6 Å². The van der Waals surface area contributed by atoms with Crippen molar-refractivity contribution in [1.29, 1.82) is 0 Å². The molecule has 120 valence electrons. The van der Waals surface area contributed by atoms with Crippen LogP contribution in [0, 0.1) is 19.8 Å². The lowest BCUT2D eigenvalue weighted by atomic mass is 9.94. The van der Waals surface area contributed by atoms with Crippen molar-refractivity contribution in [3.05, 3.63) is 29.8 Å². The molecule has 1 unspecified atom stereocenters. The lowest BCUT2D eigenvalue weighted by Gasteiger charge is -2.33. The molecule has 23 heavy (non-hydrogen) atoms. The highest BCUT2D eigenvalue weighted by Crippen LogP contribution is 2.25. The monoisotopic (exact) mass is 313 g/mol. The summed E-state index contributed by atoms with van der Waals surface area (Å²) in [6.45, 7) is 5.78. The standard InChI is InChI=1S/C15H19N7O/c1-10-6-14(22-15(18-10)16-9-17-22)21-5-3-4-12(8-21)7-13-19-11(2)23-20-13/h6,9,12H,3-5,7-8H2,1-2H3. The van der Waals surface area contributed by atoms with Gasteiger partial charge < -0.3 is 9.42 Å². The predicted octanol–water partition coefficient (Wildman–Crippen LogP) is 1.58. The van der Waals surface area contributed by atoms with Gasteiger partial charge >= 0.3 is 0 Å². The molecule has 0 bridgehead atoms. The summed E-state index contributed by atoms with van der Waals surface area (Å²) >= 11 is 0.